The summed E-state index contributed by atoms with van der Waals surface area (Å²) in [5.41, 5.74) is 4.03. The minimum atomic E-state index is -0.252. The predicted molar refractivity (Wildman–Crippen MR) is 118 cm³/mol. The zero-order chi connectivity index (χ0) is 21.2. The first-order valence-corrected chi connectivity index (χ1v) is 10.2. The van der Waals surface area contributed by atoms with E-state index in [0.29, 0.717) is 30.0 Å². The number of hydrogen-bond donors (Lipinski definition) is 2. The molecule has 0 atom stereocenters. The van der Waals surface area contributed by atoms with Crippen molar-refractivity contribution in [2.75, 3.05) is 23.3 Å². The largest absolute Gasteiger partial charge is 0.393 e. The van der Waals surface area contributed by atoms with Crippen molar-refractivity contribution in [3.05, 3.63) is 66.5 Å². The summed E-state index contributed by atoms with van der Waals surface area (Å²) >= 11 is 0. The Morgan fingerprint density at radius 2 is 1.87 bits per heavy atom. The van der Waals surface area contributed by atoms with E-state index in [0.717, 1.165) is 35.7 Å². The quantitative estimate of drug-likeness (QED) is 0.531. The molecule has 2 aromatic heterocycles. The number of nitriles is 1. The van der Waals surface area contributed by atoms with Gasteiger partial charge < -0.3 is 15.3 Å². The number of aromatic nitrogens is 4. The van der Waals surface area contributed by atoms with Gasteiger partial charge in [0.2, 0.25) is 0 Å². The molecule has 0 radical (unpaired) electrons. The van der Waals surface area contributed by atoms with Crippen LogP contribution in [0.25, 0.3) is 17.0 Å². The van der Waals surface area contributed by atoms with E-state index in [1.54, 1.807) is 4.52 Å². The Hall–Kier alpha value is -3.96. The number of nitrogens with zero attached hydrogens (tertiary/aromatic N) is 6. The second-order valence-electron chi connectivity index (χ2n) is 7.55. The molecule has 1 aliphatic heterocycles. The fraction of sp³-hybridized carbons (Fsp3) is 0.217. The van der Waals surface area contributed by atoms with Gasteiger partial charge in [-0.3, -0.25) is 0 Å². The summed E-state index contributed by atoms with van der Waals surface area (Å²) in [6, 6.07) is 19.9. The maximum absolute atomic E-state index is 9.76. The van der Waals surface area contributed by atoms with Gasteiger partial charge in [0, 0.05) is 30.4 Å². The van der Waals surface area contributed by atoms with Gasteiger partial charge in [0.1, 0.15) is 18.2 Å². The topological polar surface area (TPSA) is 102 Å². The molecule has 0 spiro atoms. The second-order valence-corrected chi connectivity index (χ2v) is 7.55. The first kappa shape index (κ1) is 19.0. The molecule has 2 aromatic carbocycles. The van der Waals surface area contributed by atoms with Gasteiger partial charge in [-0.15, -0.1) is 0 Å². The number of rotatable bonds is 4. The van der Waals surface area contributed by atoms with Gasteiger partial charge in [0.25, 0.3) is 5.78 Å². The van der Waals surface area contributed by atoms with Gasteiger partial charge >= 0.3 is 0 Å². The lowest BCUT2D eigenvalue weighted by Crippen LogP contribution is -2.36. The molecule has 1 aliphatic rings. The van der Waals surface area contributed by atoms with Crippen LogP contribution in [-0.2, 0) is 0 Å². The molecular formula is C23H21N7O. The highest BCUT2D eigenvalue weighted by atomic mass is 16.3. The van der Waals surface area contributed by atoms with Crippen LogP contribution in [0.4, 0.5) is 17.2 Å². The van der Waals surface area contributed by atoms with E-state index in [1.807, 2.05) is 54.6 Å². The van der Waals surface area contributed by atoms with E-state index in [9.17, 15) is 10.4 Å². The van der Waals surface area contributed by atoms with Crippen LogP contribution in [0.3, 0.4) is 0 Å². The van der Waals surface area contributed by atoms with E-state index in [2.05, 4.69) is 31.4 Å². The monoisotopic (exact) mass is 411 g/mol. The summed E-state index contributed by atoms with van der Waals surface area (Å²) < 4.78 is 1.64. The number of aliphatic hydroxyl groups is 1. The van der Waals surface area contributed by atoms with Crippen LogP contribution in [0, 0.1) is 11.3 Å². The summed E-state index contributed by atoms with van der Waals surface area (Å²) in [7, 11) is 0. The molecule has 0 aliphatic carbocycles. The first-order chi connectivity index (χ1) is 15.2. The Bertz CT molecular complexity index is 1250. The molecule has 31 heavy (non-hydrogen) atoms. The van der Waals surface area contributed by atoms with Gasteiger partial charge in [-0.1, -0.05) is 30.3 Å². The van der Waals surface area contributed by atoms with Crippen molar-refractivity contribution in [3.63, 3.8) is 0 Å². The summed E-state index contributed by atoms with van der Waals surface area (Å²) in [6.07, 6.45) is 2.65. The van der Waals surface area contributed by atoms with Crippen LogP contribution in [0.2, 0.25) is 0 Å². The molecule has 0 amide bonds. The first-order valence-electron chi connectivity index (χ1n) is 10.2. The molecule has 4 aromatic rings. The Morgan fingerprint density at radius 1 is 1.06 bits per heavy atom. The molecule has 8 heteroatoms. The lowest BCUT2D eigenvalue weighted by atomic mass is 10.0. The second kappa shape index (κ2) is 8.05. The molecule has 8 nitrogen and oxygen atoms in total. The van der Waals surface area contributed by atoms with Crippen molar-refractivity contribution in [2.24, 2.45) is 0 Å². The predicted octanol–water partition coefficient (Wildman–Crippen LogP) is 3.37. The Balaban J connectivity index is 1.48. The zero-order valence-electron chi connectivity index (χ0n) is 16.8. The normalized spacial score (nSPS) is 14.5. The fourth-order valence-electron chi connectivity index (χ4n) is 3.89. The molecule has 1 saturated heterocycles. The van der Waals surface area contributed by atoms with Gasteiger partial charge in [0.05, 0.1) is 23.0 Å². The number of nitrogens with one attached hydrogen (secondary N) is 1. The van der Waals surface area contributed by atoms with Gasteiger partial charge in [-0.25, -0.2) is 4.98 Å². The molecule has 2 N–H and O–H groups in total. The van der Waals surface area contributed by atoms with Crippen LogP contribution >= 0.6 is 0 Å². The molecule has 0 bridgehead atoms. The van der Waals surface area contributed by atoms with E-state index >= 15 is 0 Å². The third kappa shape index (κ3) is 3.79. The van der Waals surface area contributed by atoms with Crippen molar-refractivity contribution < 1.29 is 5.11 Å². The summed E-state index contributed by atoms with van der Waals surface area (Å²) in [5.74, 6) is 1.20. The molecular weight excluding hydrogens is 390 g/mol. The highest BCUT2D eigenvalue weighted by Gasteiger charge is 2.20. The van der Waals surface area contributed by atoms with Crippen molar-refractivity contribution >= 4 is 23.0 Å². The smallest absolute Gasteiger partial charge is 0.254 e. The number of aliphatic hydroxyl groups excluding tert-OH is 1. The van der Waals surface area contributed by atoms with Gasteiger partial charge in [-0.05, 0) is 31.0 Å². The van der Waals surface area contributed by atoms with E-state index in [1.165, 1.54) is 6.33 Å². The summed E-state index contributed by atoms with van der Waals surface area (Å²) in [5, 5.41) is 27.1. The van der Waals surface area contributed by atoms with Gasteiger partial charge in [-0.2, -0.15) is 19.9 Å². The highest BCUT2D eigenvalue weighted by molar-refractivity contribution is 5.71. The van der Waals surface area contributed by atoms with Crippen molar-refractivity contribution in [2.45, 2.75) is 18.9 Å². The number of piperidine rings is 1. The van der Waals surface area contributed by atoms with Gasteiger partial charge in [0.15, 0.2) is 0 Å². The molecule has 3 heterocycles. The van der Waals surface area contributed by atoms with E-state index < -0.39 is 0 Å². The van der Waals surface area contributed by atoms with E-state index in [4.69, 9.17) is 0 Å². The van der Waals surface area contributed by atoms with Crippen LogP contribution in [0.5, 0.6) is 0 Å². The third-order valence-corrected chi connectivity index (χ3v) is 5.52. The van der Waals surface area contributed by atoms with Crippen LogP contribution in [-0.4, -0.2) is 43.9 Å². The molecule has 154 valence electrons. The number of hydrogen-bond acceptors (Lipinski definition) is 7. The van der Waals surface area contributed by atoms with Crippen molar-refractivity contribution in [3.8, 4) is 17.3 Å². The SMILES string of the molecule is N#Cc1cc(Nc2cc(-c3ccccc3)nc3ncnn23)ccc1N1CCC(O)CC1. The van der Waals surface area contributed by atoms with Crippen LogP contribution in [0.1, 0.15) is 18.4 Å². The Labute approximate surface area is 179 Å². The zero-order valence-corrected chi connectivity index (χ0v) is 16.8. The molecule has 1 fully saturated rings. The molecule has 5 rings (SSSR count). The maximum Gasteiger partial charge on any atom is 0.254 e. The van der Waals surface area contributed by atoms with Crippen LogP contribution in [0.15, 0.2) is 60.9 Å². The minimum Gasteiger partial charge on any atom is -0.393 e. The fourth-order valence-corrected chi connectivity index (χ4v) is 3.89. The maximum atomic E-state index is 9.76. The summed E-state index contributed by atoms with van der Waals surface area (Å²) in [6.45, 7) is 1.49. The van der Waals surface area contributed by atoms with Crippen LogP contribution < -0.4 is 10.2 Å². The average Bonchev–Trinajstić information content (AvgIpc) is 3.29. The molecule has 0 unspecified atom stereocenters. The number of fused-ring (bicyclic) bond motifs is 1. The Morgan fingerprint density at radius 3 is 2.65 bits per heavy atom. The lowest BCUT2D eigenvalue weighted by Gasteiger charge is -2.32. The van der Waals surface area contributed by atoms with Crippen molar-refractivity contribution in [1.82, 2.24) is 19.6 Å². The van der Waals surface area contributed by atoms with Crippen molar-refractivity contribution in [1.29, 1.82) is 5.26 Å². The average molecular weight is 411 g/mol. The standard InChI is InChI=1S/C23H21N7O/c24-14-17-12-18(6-7-21(17)29-10-8-19(31)9-11-29)27-22-13-20(16-4-2-1-3-5-16)28-23-25-15-26-30(22)23/h1-7,12-13,15,19,27,31H,8-11H2. The summed E-state index contributed by atoms with van der Waals surface area (Å²) in [4.78, 5) is 11.0. The molecule has 0 saturated carbocycles. The Kier molecular flexibility index (Phi) is 4.94. The lowest BCUT2D eigenvalue weighted by molar-refractivity contribution is 0.145. The third-order valence-electron chi connectivity index (χ3n) is 5.52. The number of benzene rings is 2. The minimum absolute atomic E-state index is 0.252. The highest BCUT2D eigenvalue weighted by Crippen LogP contribution is 2.29. The number of anilines is 3. The van der Waals surface area contributed by atoms with E-state index in [-0.39, 0.29) is 6.10 Å².